The molecular weight excluding hydrogens is 444 g/mol. The number of hydrogen-bond acceptors (Lipinski definition) is 6. The Bertz CT molecular complexity index is 1030. The first-order valence-corrected chi connectivity index (χ1v) is 13.3. The average molecular weight is 479 g/mol. The number of carbonyl (C=O) groups is 2. The van der Waals surface area contributed by atoms with E-state index in [1.165, 1.54) is 10.4 Å². The second-order valence-electron chi connectivity index (χ2n) is 9.24. The van der Waals surface area contributed by atoms with E-state index in [1.807, 2.05) is 0 Å². The van der Waals surface area contributed by atoms with Gasteiger partial charge in [0.2, 0.25) is 15.9 Å². The molecule has 2 fully saturated rings. The minimum atomic E-state index is -3.81. The third-order valence-corrected chi connectivity index (χ3v) is 9.01. The van der Waals surface area contributed by atoms with Crippen LogP contribution in [0.4, 0.5) is 5.69 Å². The highest BCUT2D eigenvalue weighted by atomic mass is 32.2. The van der Waals surface area contributed by atoms with Gasteiger partial charge in [0.25, 0.3) is 5.91 Å². The fraction of sp³-hybridized carbons (Fsp3) is 0.652. The van der Waals surface area contributed by atoms with Gasteiger partial charge in [0, 0.05) is 31.7 Å². The van der Waals surface area contributed by atoms with Crippen molar-refractivity contribution in [3.8, 4) is 5.75 Å². The van der Waals surface area contributed by atoms with Gasteiger partial charge in [-0.3, -0.25) is 14.5 Å². The van der Waals surface area contributed by atoms with E-state index in [0.29, 0.717) is 49.0 Å². The van der Waals surface area contributed by atoms with E-state index in [0.717, 1.165) is 25.9 Å². The van der Waals surface area contributed by atoms with Crippen LogP contribution in [0.2, 0.25) is 0 Å². The lowest BCUT2D eigenvalue weighted by molar-refractivity contribution is -0.126. The number of hydrogen-bond donors (Lipinski definition) is 2. The number of likely N-dealkylation sites (N-methyl/N-ethyl adjacent to an activating group) is 1. The van der Waals surface area contributed by atoms with E-state index in [9.17, 15) is 18.0 Å². The van der Waals surface area contributed by atoms with Gasteiger partial charge >= 0.3 is 0 Å². The molecule has 3 unspecified atom stereocenters. The zero-order valence-electron chi connectivity index (χ0n) is 19.6. The van der Waals surface area contributed by atoms with Crippen molar-refractivity contribution in [1.82, 2.24) is 14.5 Å². The Labute approximate surface area is 195 Å². The third-order valence-electron chi connectivity index (χ3n) is 7.00. The van der Waals surface area contributed by atoms with Crippen LogP contribution >= 0.6 is 0 Å². The van der Waals surface area contributed by atoms with Gasteiger partial charge in [0.05, 0.1) is 16.5 Å². The van der Waals surface area contributed by atoms with Crippen LogP contribution in [-0.2, 0) is 19.6 Å². The minimum absolute atomic E-state index is 0.0695. The predicted molar refractivity (Wildman–Crippen MR) is 125 cm³/mol. The molecule has 4 rings (SSSR count). The van der Waals surface area contributed by atoms with E-state index < -0.39 is 16.1 Å². The Morgan fingerprint density at radius 2 is 2.00 bits per heavy atom. The summed E-state index contributed by atoms with van der Waals surface area (Å²) >= 11 is 0. The molecule has 1 aromatic rings. The van der Waals surface area contributed by atoms with Gasteiger partial charge < -0.3 is 15.4 Å². The number of amides is 2. The smallest absolute Gasteiger partial charge is 0.265 e. The Morgan fingerprint density at radius 3 is 2.76 bits per heavy atom. The summed E-state index contributed by atoms with van der Waals surface area (Å²) in [5.74, 6) is -0.352. The molecule has 10 heteroatoms. The van der Waals surface area contributed by atoms with E-state index >= 15 is 0 Å². The molecular formula is C23H34N4O5S. The molecule has 33 heavy (non-hydrogen) atoms. The number of likely N-dealkylation sites (tertiary alicyclic amines) is 1. The van der Waals surface area contributed by atoms with Crippen LogP contribution in [0.1, 0.15) is 45.1 Å². The molecule has 182 valence electrons. The Kier molecular flexibility index (Phi) is 6.97. The minimum Gasteiger partial charge on any atom is -0.479 e. The molecule has 3 atom stereocenters. The molecule has 0 aromatic heterocycles. The lowest BCUT2D eigenvalue weighted by atomic mass is 9.98. The number of aryl methyl sites for hydroxylation is 1. The monoisotopic (exact) mass is 478 g/mol. The molecule has 2 N–H and O–H groups in total. The van der Waals surface area contributed by atoms with Crippen molar-refractivity contribution in [2.45, 2.75) is 63.5 Å². The number of piperidine rings is 1. The van der Waals surface area contributed by atoms with Gasteiger partial charge in [-0.15, -0.1) is 0 Å². The zero-order chi connectivity index (χ0) is 23.8. The van der Waals surface area contributed by atoms with Crippen LogP contribution in [0.15, 0.2) is 17.0 Å². The second kappa shape index (κ2) is 9.60. The molecule has 3 aliphatic heterocycles. The maximum Gasteiger partial charge on any atom is 0.265 e. The van der Waals surface area contributed by atoms with Gasteiger partial charge in [-0.25, -0.2) is 8.42 Å². The van der Waals surface area contributed by atoms with Crippen LogP contribution in [-0.4, -0.2) is 74.3 Å². The molecule has 9 nitrogen and oxygen atoms in total. The van der Waals surface area contributed by atoms with E-state index in [4.69, 9.17) is 4.74 Å². The molecule has 0 aliphatic carbocycles. The Morgan fingerprint density at radius 1 is 1.24 bits per heavy atom. The van der Waals surface area contributed by atoms with Crippen LogP contribution in [0.3, 0.4) is 0 Å². The Hall–Kier alpha value is -2.17. The van der Waals surface area contributed by atoms with Gasteiger partial charge in [-0.05, 0) is 64.3 Å². The normalized spacial score (nSPS) is 26.4. The highest BCUT2D eigenvalue weighted by molar-refractivity contribution is 7.89. The standard InChI is InChI=1S/C23H34N4O5S/c1-4-26-9-6-8-18(26)13-24-23(29)17-7-5-10-27(14-17)33(30,31)21-12-20-19(11-15(21)2)25-22(28)16(3)32-20/h11-12,16-18H,4-10,13-14H2,1-3H3,(H,24,29)(H,25,28). The number of rotatable bonds is 6. The van der Waals surface area contributed by atoms with E-state index in [-0.39, 0.29) is 29.2 Å². The molecule has 0 radical (unpaired) electrons. The zero-order valence-corrected chi connectivity index (χ0v) is 20.4. The van der Waals surface area contributed by atoms with Crippen molar-refractivity contribution < 1.29 is 22.7 Å². The molecule has 0 bridgehead atoms. The number of sulfonamides is 1. The van der Waals surface area contributed by atoms with Crippen LogP contribution < -0.4 is 15.4 Å². The lowest BCUT2D eigenvalue weighted by Crippen LogP contribution is -2.47. The first kappa shape index (κ1) is 24.0. The lowest BCUT2D eigenvalue weighted by Gasteiger charge is -2.32. The number of nitrogens with zero attached hydrogens (tertiary/aromatic N) is 2. The molecule has 1 aromatic carbocycles. The summed E-state index contributed by atoms with van der Waals surface area (Å²) in [6, 6.07) is 3.48. The SMILES string of the molecule is CCN1CCCC1CNC(=O)C1CCCN(S(=O)(=O)c2cc3c(cc2C)NC(=O)C(C)O3)C1. The maximum absolute atomic E-state index is 13.5. The van der Waals surface area contributed by atoms with Gasteiger partial charge in [0.1, 0.15) is 5.75 Å². The number of carbonyl (C=O) groups excluding carboxylic acids is 2. The summed E-state index contributed by atoms with van der Waals surface area (Å²) in [5.41, 5.74) is 0.998. The fourth-order valence-electron chi connectivity index (χ4n) is 5.04. The van der Waals surface area contributed by atoms with Crippen molar-refractivity contribution in [2.75, 3.05) is 38.0 Å². The van der Waals surface area contributed by atoms with Gasteiger partial charge in [-0.1, -0.05) is 6.92 Å². The summed E-state index contributed by atoms with van der Waals surface area (Å²) < 4.78 is 34.0. The number of ether oxygens (including phenoxy) is 1. The summed E-state index contributed by atoms with van der Waals surface area (Å²) in [5, 5.41) is 5.82. The highest BCUT2D eigenvalue weighted by Gasteiger charge is 2.36. The molecule has 0 spiro atoms. The molecule has 2 saturated heterocycles. The second-order valence-corrected chi connectivity index (χ2v) is 11.1. The molecule has 2 amide bonds. The van der Waals surface area contributed by atoms with Crippen molar-refractivity contribution in [3.05, 3.63) is 17.7 Å². The summed E-state index contributed by atoms with van der Waals surface area (Å²) in [6.07, 6.45) is 2.85. The summed E-state index contributed by atoms with van der Waals surface area (Å²) in [6.45, 7) is 8.65. The maximum atomic E-state index is 13.5. The van der Waals surface area contributed by atoms with Crippen molar-refractivity contribution >= 4 is 27.5 Å². The van der Waals surface area contributed by atoms with Crippen molar-refractivity contribution in [2.24, 2.45) is 5.92 Å². The van der Waals surface area contributed by atoms with Crippen molar-refractivity contribution in [1.29, 1.82) is 0 Å². The quantitative estimate of drug-likeness (QED) is 0.645. The molecule has 0 saturated carbocycles. The molecule has 3 aliphatic rings. The van der Waals surface area contributed by atoms with Crippen LogP contribution in [0.5, 0.6) is 5.75 Å². The van der Waals surface area contributed by atoms with Crippen LogP contribution in [0.25, 0.3) is 0 Å². The first-order chi connectivity index (χ1) is 15.7. The third kappa shape index (κ3) is 4.88. The highest BCUT2D eigenvalue weighted by Crippen LogP contribution is 2.36. The van der Waals surface area contributed by atoms with Gasteiger partial charge in [-0.2, -0.15) is 4.31 Å². The van der Waals surface area contributed by atoms with Crippen LogP contribution in [0, 0.1) is 12.8 Å². The van der Waals surface area contributed by atoms with Crippen molar-refractivity contribution in [3.63, 3.8) is 0 Å². The Balaban J connectivity index is 1.46. The average Bonchev–Trinajstić information content (AvgIpc) is 3.26. The number of nitrogens with one attached hydrogen (secondary N) is 2. The fourth-order valence-corrected chi connectivity index (χ4v) is 6.79. The number of fused-ring (bicyclic) bond motifs is 1. The summed E-state index contributed by atoms with van der Waals surface area (Å²) in [4.78, 5) is 27.3. The predicted octanol–water partition coefficient (Wildman–Crippen LogP) is 1.72. The number of anilines is 1. The van der Waals surface area contributed by atoms with Gasteiger partial charge in [0.15, 0.2) is 6.10 Å². The van der Waals surface area contributed by atoms with E-state index in [1.54, 1.807) is 19.9 Å². The summed E-state index contributed by atoms with van der Waals surface area (Å²) in [7, 11) is -3.81. The first-order valence-electron chi connectivity index (χ1n) is 11.8. The van der Waals surface area contributed by atoms with E-state index in [2.05, 4.69) is 22.5 Å². The number of benzene rings is 1. The largest absolute Gasteiger partial charge is 0.479 e. The topological polar surface area (TPSA) is 108 Å². The molecule has 3 heterocycles.